The van der Waals surface area contributed by atoms with E-state index in [1.54, 1.807) is 6.20 Å². The van der Waals surface area contributed by atoms with E-state index in [4.69, 9.17) is 11.6 Å². The maximum Gasteiger partial charge on any atom is 0.249 e. The Morgan fingerprint density at radius 1 is 0.960 bits per heavy atom. The van der Waals surface area contributed by atoms with E-state index >= 15 is 0 Å². The van der Waals surface area contributed by atoms with Crippen molar-refractivity contribution in [3.63, 3.8) is 0 Å². The summed E-state index contributed by atoms with van der Waals surface area (Å²) in [5, 5.41) is 15.2. The largest absolute Gasteiger partial charge is 0.339 e. The van der Waals surface area contributed by atoms with Gasteiger partial charge in [0.1, 0.15) is 0 Å². The average Bonchev–Trinajstić information content (AvgIpc) is 2.55. The van der Waals surface area contributed by atoms with E-state index in [1.165, 1.54) is 5.56 Å². The normalized spacial score (nSPS) is 11.2. The molecule has 3 rings (SSSR count). The van der Waals surface area contributed by atoms with Crippen LogP contribution < -0.4 is 10.6 Å². The standard InChI is InChI=1S/C19H20ClN5/c1-19(2,3)15-9-4-5-10-16(15)23-18-24-17(12-21-25-18)22-14-8-6-7-13(20)11-14/h4-12H,1-3H3,(H2,22,23,24,25). The summed E-state index contributed by atoms with van der Waals surface area (Å²) in [7, 11) is 0. The molecule has 1 heterocycles. The van der Waals surface area contributed by atoms with Crippen LogP contribution in [0.4, 0.5) is 23.1 Å². The number of aromatic nitrogens is 3. The van der Waals surface area contributed by atoms with E-state index < -0.39 is 0 Å². The van der Waals surface area contributed by atoms with E-state index in [9.17, 15) is 0 Å². The number of halogens is 1. The third kappa shape index (κ3) is 4.45. The number of nitrogens with one attached hydrogen (secondary N) is 2. The molecule has 3 aromatic rings. The maximum atomic E-state index is 6.01. The molecule has 0 saturated heterocycles. The Bertz CT molecular complexity index is 873. The van der Waals surface area contributed by atoms with Gasteiger partial charge in [-0.3, -0.25) is 0 Å². The second kappa shape index (κ2) is 7.07. The molecule has 0 spiro atoms. The molecule has 0 fully saturated rings. The summed E-state index contributed by atoms with van der Waals surface area (Å²) >= 11 is 6.01. The second-order valence-corrected chi connectivity index (χ2v) is 7.16. The van der Waals surface area contributed by atoms with E-state index in [0.29, 0.717) is 16.8 Å². The zero-order chi connectivity index (χ0) is 17.9. The van der Waals surface area contributed by atoms with Crippen LogP contribution in [0.1, 0.15) is 26.3 Å². The van der Waals surface area contributed by atoms with Crippen molar-refractivity contribution in [2.24, 2.45) is 0 Å². The van der Waals surface area contributed by atoms with Crippen LogP contribution >= 0.6 is 11.6 Å². The van der Waals surface area contributed by atoms with Gasteiger partial charge in [-0.15, -0.1) is 5.10 Å². The van der Waals surface area contributed by atoms with Crippen LogP contribution in [-0.4, -0.2) is 15.2 Å². The Balaban J connectivity index is 1.83. The van der Waals surface area contributed by atoms with Crippen molar-refractivity contribution < 1.29 is 0 Å². The van der Waals surface area contributed by atoms with Gasteiger partial charge < -0.3 is 10.6 Å². The number of hydrogen-bond acceptors (Lipinski definition) is 5. The molecule has 1 aromatic heterocycles. The Morgan fingerprint density at radius 2 is 1.76 bits per heavy atom. The number of nitrogens with zero attached hydrogens (tertiary/aromatic N) is 3. The van der Waals surface area contributed by atoms with Gasteiger partial charge in [0.05, 0.1) is 6.20 Å². The lowest BCUT2D eigenvalue weighted by Crippen LogP contribution is -2.14. The highest BCUT2D eigenvalue weighted by Crippen LogP contribution is 2.30. The highest BCUT2D eigenvalue weighted by molar-refractivity contribution is 6.30. The molecule has 0 saturated carbocycles. The molecule has 6 heteroatoms. The van der Waals surface area contributed by atoms with Gasteiger partial charge in [-0.05, 0) is 35.2 Å². The average molecular weight is 354 g/mol. The topological polar surface area (TPSA) is 62.7 Å². The number of rotatable bonds is 4. The minimum atomic E-state index is 0.00761. The van der Waals surface area contributed by atoms with Gasteiger partial charge in [0.15, 0.2) is 5.82 Å². The van der Waals surface area contributed by atoms with Crippen LogP contribution in [0.2, 0.25) is 5.02 Å². The van der Waals surface area contributed by atoms with Gasteiger partial charge in [-0.25, -0.2) is 0 Å². The molecule has 25 heavy (non-hydrogen) atoms. The minimum Gasteiger partial charge on any atom is -0.339 e. The zero-order valence-electron chi connectivity index (χ0n) is 14.4. The summed E-state index contributed by atoms with van der Waals surface area (Å²) in [5.41, 5.74) is 3.01. The summed E-state index contributed by atoms with van der Waals surface area (Å²) in [4.78, 5) is 4.48. The highest BCUT2D eigenvalue weighted by Gasteiger charge is 2.18. The van der Waals surface area contributed by atoms with Crippen LogP contribution in [0.5, 0.6) is 0 Å². The van der Waals surface area contributed by atoms with E-state index in [-0.39, 0.29) is 5.41 Å². The summed E-state index contributed by atoms with van der Waals surface area (Å²) < 4.78 is 0. The van der Waals surface area contributed by atoms with Crippen LogP contribution in [0.25, 0.3) is 0 Å². The molecule has 0 aliphatic heterocycles. The first kappa shape index (κ1) is 17.2. The summed E-state index contributed by atoms with van der Waals surface area (Å²) in [6.07, 6.45) is 1.57. The van der Waals surface area contributed by atoms with Gasteiger partial charge in [-0.2, -0.15) is 10.1 Å². The van der Waals surface area contributed by atoms with Crippen LogP contribution in [-0.2, 0) is 5.41 Å². The lowest BCUT2D eigenvalue weighted by atomic mass is 9.86. The quantitative estimate of drug-likeness (QED) is 0.665. The number of anilines is 4. The molecule has 0 aliphatic carbocycles. The predicted octanol–water partition coefficient (Wildman–Crippen LogP) is 5.31. The van der Waals surface area contributed by atoms with Crippen molar-refractivity contribution in [3.05, 3.63) is 65.3 Å². The smallest absolute Gasteiger partial charge is 0.249 e. The molecule has 0 atom stereocenters. The fourth-order valence-electron chi connectivity index (χ4n) is 2.50. The highest BCUT2D eigenvalue weighted by atomic mass is 35.5. The SMILES string of the molecule is CC(C)(C)c1ccccc1Nc1nncc(Nc2cccc(Cl)c2)n1. The van der Waals surface area contributed by atoms with Gasteiger partial charge in [-0.1, -0.05) is 56.6 Å². The lowest BCUT2D eigenvalue weighted by molar-refractivity contribution is 0.592. The van der Waals surface area contributed by atoms with Crippen LogP contribution in [0, 0.1) is 0 Å². The third-order valence-electron chi connectivity index (χ3n) is 3.64. The predicted molar refractivity (Wildman–Crippen MR) is 103 cm³/mol. The van der Waals surface area contributed by atoms with Gasteiger partial charge in [0.25, 0.3) is 0 Å². The fraction of sp³-hybridized carbons (Fsp3) is 0.211. The van der Waals surface area contributed by atoms with Crippen molar-refractivity contribution in [3.8, 4) is 0 Å². The van der Waals surface area contributed by atoms with Crippen molar-refractivity contribution in [2.45, 2.75) is 26.2 Å². The third-order valence-corrected chi connectivity index (χ3v) is 3.87. The molecule has 5 nitrogen and oxygen atoms in total. The molecular weight excluding hydrogens is 334 g/mol. The number of benzene rings is 2. The number of para-hydroxylation sites is 1. The molecular formula is C19H20ClN5. The van der Waals surface area contributed by atoms with Crippen molar-refractivity contribution in [1.82, 2.24) is 15.2 Å². The Kier molecular flexibility index (Phi) is 4.86. The molecule has 0 bridgehead atoms. The molecule has 0 amide bonds. The molecule has 0 unspecified atom stereocenters. The van der Waals surface area contributed by atoms with Gasteiger partial charge in [0, 0.05) is 16.4 Å². The Labute approximate surface area is 152 Å². The molecule has 2 N–H and O–H groups in total. The molecule has 2 aromatic carbocycles. The summed E-state index contributed by atoms with van der Waals surface area (Å²) in [5.74, 6) is 1.02. The first-order valence-electron chi connectivity index (χ1n) is 8.01. The Morgan fingerprint density at radius 3 is 2.52 bits per heavy atom. The maximum absolute atomic E-state index is 6.01. The molecule has 128 valence electrons. The van der Waals surface area contributed by atoms with E-state index in [2.05, 4.69) is 52.7 Å². The second-order valence-electron chi connectivity index (χ2n) is 6.72. The van der Waals surface area contributed by atoms with Gasteiger partial charge in [0.2, 0.25) is 5.95 Å². The number of hydrogen-bond donors (Lipinski definition) is 2. The van der Waals surface area contributed by atoms with E-state index in [1.807, 2.05) is 42.5 Å². The van der Waals surface area contributed by atoms with E-state index in [0.717, 1.165) is 11.4 Å². The van der Waals surface area contributed by atoms with Crippen molar-refractivity contribution in [2.75, 3.05) is 10.6 Å². The molecule has 0 aliphatic rings. The van der Waals surface area contributed by atoms with Crippen molar-refractivity contribution >= 4 is 34.7 Å². The first-order chi connectivity index (χ1) is 11.9. The molecule has 0 radical (unpaired) electrons. The van der Waals surface area contributed by atoms with Gasteiger partial charge >= 0.3 is 0 Å². The fourth-order valence-corrected chi connectivity index (χ4v) is 2.69. The first-order valence-corrected chi connectivity index (χ1v) is 8.38. The zero-order valence-corrected chi connectivity index (χ0v) is 15.2. The Hall–Kier alpha value is -2.66. The summed E-state index contributed by atoms with van der Waals surface area (Å²) in [6.45, 7) is 6.51. The van der Waals surface area contributed by atoms with Crippen LogP contribution in [0.15, 0.2) is 54.7 Å². The summed E-state index contributed by atoms with van der Waals surface area (Å²) in [6, 6.07) is 15.6. The minimum absolute atomic E-state index is 0.00761. The van der Waals surface area contributed by atoms with Crippen LogP contribution in [0.3, 0.4) is 0 Å². The monoisotopic (exact) mass is 353 g/mol. The van der Waals surface area contributed by atoms with Crippen molar-refractivity contribution in [1.29, 1.82) is 0 Å². The lowest BCUT2D eigenvalue weighted by Gasteiger charge is -2.22.